The summed E-state index contributed by atoms with van der Waals surface area (Å²) in [7, 11) is 1.79. The van der Waals surface area contributed by atoms with Crippen LogP contribution in [0, 0.1) is 5.92 Å². The summed E-state index contributed by atoms with van der Waals surface area (Å²) in [6.45, 7) is 12.9. The van der Waals surface area contributed by atoms with Crippen LogP contribution < -0.4 is 0 Å². The van der Waals surface area contributed by atoms with E-state index in [2.05, 4.69) is 29.0 Å². The van der Waals surface area contributed by atoms with E-state index in [4.69, 9.17) is 14.5 Å². The molecule has 2 saturated heterocycles. The Kier molecular flexibility index (Phi) is 8.52. The maximum Gasteiger partial charge on any atom is 0.107 e. The molecule has 1 aromatic rings. The van der Waals surface area contributed by atoms with Crippen molar-refractivity contribution in [1.82, 2.24) is 14.8 Å². The smallest absolute Gasteiger partial charge is 0.107 e. The van der Waals surface area contributed by atoms with Gasteiger partial charge in [-0.05, 0) is 50.6 Å². The van der Waals surface area contributed by atoms with Gasteiger partial charge in [0.15, 0.2) is 0 Å². The molecule has 0 spiro atoms. The van der Waals surface area contributed by atoms with Gasteiger partial charge in [0, 0.05) is 38.7 Å². The zero-order valence-electron chi connectivity index (χ0n) is 17.4. The first kappa shape index (κ1) is 21.2. The maximum atomic E-state index is 5.93. The number of nitrogens with zero attached hydrogens (tertiary/aromatic N) is 3. The fourth-order valence-electron chi connectivity index (χ4n) is 4.11. The van der Waals surface area contributed by atoms with E-state index in [0.29, 0.717) is 12.0 Å². The van der Waals surface area contributed by atoms with E-state index in [1.54, 1.807) is 7.11 Å². The normalized spacial score (nSPS) is 22.3. The fraction of sp³-hybridized carbons (Fsp3) is 0.857. The second-order valence-corrected chi connectivity index (χ2v) is 9.37. The van der Waals surface area contributed by atoms with Crippen molar-refractivity contribution < 1.29 is 9.47 Å². The minimum atomic E-state index is 0.413. The molecule has 1 unspecified atom stereocenters. The highest BCUT2D eigenvalue weighted by molar-refractivity contribution is 7.09. The number of ether oxygens (including phenoxy) is 2. The van der Waals surface area contributed by atoms with E-state index >= 15 is 0 Å². The number of likely N-dealkylation sites (tertiary alicyclic amines) is 1. The molecule has 154 valence electrons. The Morgan fingerprint density at radius 2 is 2.11 bits per heavy atom. The first-order chi connectivity index (χ1) is 13.1. The van der Waals surface area contributed by atoms with Crippen LogP contribution in [0.3, 0.4) is 0 Å². The number of piperidine rings is 1. The molecule has 0 aromatic carbocycles. The molecule has 0 saturated carbocycles. The molecule has 5 nitrogen and oxygen atoms in total. The third-order valence-electron chi connectivity index (χ3n) is 5.84. The van der Waals surface area contributed by atoms with Crippen LogP contribution in [0.5, 0.6) is 0 Å². The minimum absolute atomic E-state index is 0.413. The van der Waals surface area contributed by atoms with Crippen LogP contribution in [0.25, 0.3) is 0 Å². The van der Waals surface area contributed by atoms with Crippen molar-refractivity contribution in [3.63, 3.8) is 0 Å². The number of thiazole rings is 1. The fourth-order valence-corrected chi connectivity index (χ4v) is 5.11. The van der Waals surface area contributed by atoms with E-state index in [-0.39, 0.29) is 0 Å². The standard InChI is InChI=1S/C21H37N3O2S/c1-17(2)20-16-27-21(22-20)15-24(14-19-5-4-11-26-19)13-18-6-8-23(9-7-18)10-12-25-3/h16-19H,4-15H2,1-3H3. The zero-order valence-corrected chi connectivity index (χ0v) is 18.2. The van der Waals surface area contributed by atoms with Crippen molar-refractivity contribution in [3.8, 4) is 0 Å². The van der Waals surface area contributed by atoms with E-state index in [0.717, 1.165) is 38.8 Å². The van der Waals surface area contributed by atoms with Gasteiger partial charge in [0.2, 0.25) is 0 Å². The van der Waals surface area contributed by atoms with Crippen LogP contribution >= 0.6 is 11.3 Å². The Labute approximate surface area is 169 Å². The lowest BCUT2D eigenvalue weighted by Crippen LogP contribution is -2.41. The molecule has 1 atom stereocenters. The average Bonchev–Trinajstić information content (AvgIpc) is 3.33. The van der Waals surface area contributed by atoms with Gasteiger partial charge >= 0.3 is 0 Å². The van der Waals surface area contributed by atoms with Crippen LogP contribution in [0.1, 0.15) is 56.2 Å². The molecule has 27 heavy (non-hydrogen) atoms. The van der Waals surface area contributed by atoms with E-state index < -0.39 is 0 Å². The Morgan fingerprint density at radius 3 is 2.74 bits per heavy atom. The van der Waals surface area contributed by atoms with Crippen molar-refractivity contribution in [2.45, 2.75) is 58.1 Å². The lowest BCUT2D eigenvalue weighted by Gasteiger charge is -2.35. The van der Waals surface area contributed by atoms with Crippen molar-refractivity contribution in [2.24, 2.45) is 5.92 Å². The Morgan fingerprint density at radius 1 is 1.30 bits per heavy atom. The van der Waals surface area contributed by atoms with Gasteiger partial charge < -0.3 is 14.4 Å². The Bertz CT molecular complexity index is 537. The molecular formula is C21H37N3O2S. The van der Waals surface area contributed by atoms with Gasteiger partial charge in [-0.15, -0.1) is 11.3 Å². The molecule has 3 heterocycles. The Hall–Kier alpha value is -0.530. The lowest BCUT2D eigenvalue weighted by molar-refractivity contribution is 0.0551. The molecule has 0 amide bonds. The predicted octanol–water partition coefficient (Wildman–Crippen LogP) is 3.61. The van der Waals surface area contributed by atoms with Gasteiger partial charge in [0.25, 0.3) is 0 Å². The van der Waals surface area contributed by atoms with Crippen LogP contribution in [0.4, 0.5) is 0 Å². The summed E-state index contributed by atoms with van der Waals surface area (Å²) >= 11 is 1.82. The average molecular weight is 396 g/mol. The minimum Gasteiger partial charge on any atom is -0.383 e. The number of hydrogen-bond donors (Lipinski definition) is 0. The summed E-state index contributed by atoms with van der Waals surface area (Å²) in [5.41, 5.74) is 1.23. The van der Waals surface area contributed by atoms with E-state index in [9.17, 15) is 0 Å². The molecule has 0 N–H and O–H groups in total. The summed E-state index contributed by atoms with van der Waals surface area (Å²) in [5.74, 6) is 1.30. The molecule has 0 bridgehead atoms. The molecule has 0 radical (unpaired) electrons. The number of hydrogen-bond acceptors (Lipinski definition) is 6. The lowest BCUT2D eigenvalue weighted by atomic mass is 9.96. The first-order valence-corrected chi connectivity index (χ1v) is 11.5. The molecule has 1 aromatic heterocycles. The summed E-state index contributed by atoms with van der Waals surface area (Å²) < 4.78 is 11.2. The number of aromatic nitrogens is 1. The summed E-state index contributed by atoms with van der Waals surface area (Å²) in [6, 6.07) is 0. The molecule has 2 aliphatic heterocycles. The highest BCUT2D eigenvalue weighted by Crippen LogP contribution is 2.24. The molecule has 2 fully saturated rings. The SMILES string of the molecule is COCCN1CCC(CN(Cc2nc(C(C)C)cs2)CC2CCCO2)CC1. The van der Waals surface area contributed by atoms with Gasteiger partial charge in [-0.25, -0.2) is 4.98 Å². The van der Waals surface area contributed by atoms with Crippen molar-refractivity contribution in [2.75, 3.05) is 53.0 Å². The van der Waals surface area contributed by atoms with E-state index in [1.807, 2.05) is 11.3 Å². The Balaban J connectivity index is 1.53. The van der Waals surface area contributed by atoms with Crippen molar-refractivity contribution in [1.29, 1.82) is 0 Å². The van der Waals surface area contributed by atoms with Crippen LogP contribution in [0.2, 0.25) is 0 Å². The number of methoxy groups -OCH3 is 1. The third-order valence-corrected chi connectivity index (χ3v) is 6.69. The second-order valence-electron chi connectivity index (χ2n) is 8.43. The molecular weight excluding hydrogens is 358 g/mol. The van der Waals surface area contributed by atoms with Gasteiger partial charge in [0.05, 0.1) is 24.9 Å². The van der Waals surface area contributed by atoms with Crippen LogP contribution in [0.15, 0.2) is 5.38 Å². The third kappa shape index (κ3) is 6.79. The zero-order chi connectivity index (χ0) is 19.1. The maximum absolute atomic E-state index is 5.93. The molecule has 0 aliphatic carbocycles. The first-order valence-electron chi connectivity index (χ1n) is 10.6. The van der Waals surface area contributed by atoms with Gasteiger partial charge in [-0.2, -0.15) is 0 Å². The van der Waals surface area contributed by atoms with Gasteiger partial charge in [-0.3, -0.25) is 4.90 Å². The van der Waals surface area contributed by atoms with Crippen LogP contribution in [-0.4, -0.2) is 73.9 Å². The molecule has 3 rings (SSSR count). The van der Waals surface area contributed by atoms with Crippen molar-refractivity contribution in [3.05, 3.63) is 16.1 Å². The molecule has 6 heteroatoms. The summed E-state index contributed by atoms with van der Waals surface area (Å²) in [5, 5.41) is 3.49. The highest BCUT2D eigenvalue weighted by atomic mass is 32.1. The van der Waals surface area contributed by atoms with Crippen LogP contribution in [-0.2, 0) is 16.0 Å². The summed E-state index contributed by atoms with van der Waals surface area (Å²) in [4.78, 5) is 10.0. The summed E-state index contributed by atoms with van der Waals surface area (Å²) in [6.07, 6.45) is 5.42. The highest BCUT2D eigenvalue weighted by Gasteiger charge is 2.25. The quantitative estimate of drug-likeness (QED) is 0.605. The van der Waals surface area contributed by atoms with Gasteiger partial charge in [0.1, 0.15) is 5.01 Å². The monoisotopic (exact) mass is 395 g/mol. The largest absolute Gasteiger partial charge is 0.383 e. The predicted molar refractivity (Wildman–Crippen MR) is 111 cm³/mol. The topological polar surface area (TPSA) is 37.8 Å². The number of rotatable bonds is 10. The molecule has 2 aliphatic rings. The van der Waals surface area contributed by atoms with Crippen molar-refractivity contribution >= 4 is 11.3 Å². The van der Waals surface area contributed by atoms with Gasteiger partial charge in [-0.1, -0.05) is 13.8 Å². The second kappa shape index (κ2) is 10.9. The van der Waals surface area contributed by atoms with E-state index in [1.165, 1.54) is 56.0 Å².